The summed E-state index contributed by atoms with van der Waals surface area (Å²) in [5.74, 6) is 1.70. The van der Waals surface area contributed by atoms with Crippen molar-refractivity contribution in [1.29, 1.82) is 0 Å². The molecule has 2 heterocycles. The Hall–Kier alpha value is -1.26. The van der Waals surface area contributed by atoms with Crippen LogP contribution in [0.25, 0.3) is 0 Å². The number of fused-ring (bicyclic) bond motifs is 1. The molecule has 21 heavy (non-hydrogen) atoms. The molecule has 5 heteroatoms. The number of ether oxygens (including phenoxy) is 1. The zero-order valence-corrected chi connectivity index (χ0v) is 13.2. The summed E-state index contributed by atoms with van der Waals surface area (Å²) in [6.45, 7) is 4.82. The maximum absolute atomic E-state index is 12.5. The molecule has 3 rings (SSSR count). The SMILES string of the molecule is CC1CN(C(=O)CCC2CCNC2)c2ccccc2O1.Cl. The highest BCUT2D eigenvalue weighted by molar-refractivity contribution is 5.95. The fraction of sp³-hybridized carbons (Fsp3) is 0.562. The number of rotatable bonds is 3. The van der Waals surface area contributed by atoms with E-state index in [0.29, 0.717) is 18.9 Å². The van der Waals surface area contributed by atoms with Gasteiger partial charge < -0.3 is 15.0 Å². The minimum Gasteiger partial charge on any atom is -0.487 e. The van der Waals surface area contributed by atoms with Crippen molar-refractivity contribution < 1.29 is 9.53 Å². The van der Waals surface area contributed by atoms with Gasteiger partial charge >= 0.3 is 0 Å². The van der Waals surface area contributed by atoms with Gasteiger partial charge in [0, 0.05) is 6.42 Å². The Morgan fingerprint density at radius 1 is 1.43 bits per heavy atom. The van der Waals surface area contributed by atoms with Crippen LogP contribution in [0.2, 0.25) is 0 Å². The Bertz CT molecular complexity index is 489. The molecule has 0 spiro atoms. The number of halogens is 1. The van der Waals surface area contributed by atoms with Gasteiger partial charge in [0.15, 0.2) is 0 Å². The van der Waals surface area contributed by atoms with E-state index in [2.05, 4.69) is 5.32 Å². The average Bonchev–Trinajstić information content (AvgIpc) is 2.97. The van der Waals surface area contributed by atoms with Gasteiger partial charge in [0.25, 0.3) is 0 Å². The molecule has 2 aliphatic rings. The van der Waals surface area contributed by atoms with Gasteiger partial charge in [0.2, 0.25) is 5.91 Å². The quantitative estimate of drug-likeness (QED) is 0.933. The number of amides is 1. The minimum atomic E-state index is 0. The molecule has 0 saturated carbocycles. The van der Waals surface area contributed by atoms with Crippen LogP contribution in [0.1, 0.15) is 26.2 Å². The summed E-state index contributed by atoms with van der Waals surface area (Å²) in [6, 6.07) is 7.81. The Morgan fingerprint density at radius 2 is 2.24 bits per heavy atom. The van der Waals surface area contributed by atoms with E-state index in [1.54, 1.807) is 0 Å². The molecule has 0 radical (unpaired) electrons. The summed E-state index contributed by atoms with van der Waals surface area (Å²) in [5, 5.41) is 3.35. The van der Waals surface area contributed by atoms with Crippen LogP contribution in [0.3, 0.4) is 0 Å². The highest BCUT2D eigenvalue weighted by atomic mass is 35.5. The van der Waals surface area contributed by atoms with E-state index in [1.807, 2.05) is 36.1 Å². The van der Waals surface area contributed by atoms with Crippen molar-refractivity contribution in [3.05, 3.63) is 24.3 Å². The molecule has 0 bridgehead atoms. The first kappa shape index (κ1) is 16.1. The van der Waals surface area contributed by atoms with E-state index >= 15 is 0 Å². The molecule has 1 amide bonds. The van der Waals surface area contributed by atoms with Gasteiger partial charge in [-0.1, -0.05) is 12.1 Å². The Labute approximate surface area is 132 Å². The van der Waals surface area contributed by atoms with Crippen LogP contribution in [0.4, 0.5) is 5.69 Å². The van der Waals surface area contributed by atoms with Crippen LogP contribution in [0.5, 0.6) is 5.75 Å². The lowest BCUT2D eigenvalue weighted by molar-refractivity contribution is -0.119. The number of nitrogens with zero attached hydrogens (tertiary/aromatic N) is 1. The van der Waals surface area contributed by atoms with Crippen molar-refractivity contribution in [2.24, 2.45) is 5.92 Å². The first-order valence-electron chi connectivity index (χ1n) is 7.51. The summed E-state index contributed by atoms with van der Waals surface area (Å²) >= 11 is 0. The molecule has 2 unspecified atom stereocenters. The molecule has 0 aromatic heterocycles. The van der Waals surface area contributed by atoms with Crippen LogP contribution in [0, 0.1) is 5.92 Å². The fourth-order valence-corrected chi connectivity index (χ4v) is 3.05. The zero-order chi connectivity index (χ0) is 13.9. The van der Waals surface area contributed by atoms with Crippen molar-refractivity contribution in [2.75, 3.05) is 24.5 Å². The first-order valence-corrected chi connectivity index (χ1v) is 7.51. The van der Waals surface area contributed by atoms with Gasteiger partial charge in [-0.05, 0) is 50.9 Å². The predicted molar refractivity (Wildman–Crippen MR) is 86.3 cm³/mol. The summed E-state index contributed by atoms with van der Waals surface area (Å²) in [4.78, 5) is 14.4. The molecule has 1 saturated heterocycles. The predicted octanol–water partition coefficient (Wildman–Crippen LogP) is 2.61. The number of nitrogens with one attached hydrogen (secondary N) is 1. The van der Waals surface area contributed by atoms with Crippen LogP contribution < -0.4 is 15.0 Å². The van der Waals surface area contributed by atoms with Crippen molar-refractivity contribution in [1.82, 2.24) is 5.32 Å². The number of hydrogen-bond donors (Lipinski definition) is 1. The zero-order valence-electron chi connectivity index (χ0n) is 12.4. The minimum absolute atomic E-state index is 0. The third kappa shape index (κ3) is 3.69. The van der Waals surface area contributed by atoms with Gasteiger partial charge in [-0.15, -0.1) is 12.4 Å². The lowest BCUT2D eigenvalue weighted by atomic mass is 10.0. The summed E-state index contributed by atoms with van der Waals surface area (Å²) < 4.78 is 5.79. The highest BCUT2D eigenvalue weighted by Crippen LogP contribution is 2.33. The van der Waals surface area contributed by atoms with E-state index in [1.165, 1.54) is 6.42 Å². The number of anilines is 1. The molecule has 2 aliphatic heterocycles. The van der Waals surface area contributed by atoms with Crippen LogP contribution >= 0.6 is 12.4 Å². The maximum Gasteiger partial charge on any atom is 0.227 e. The summed E-state index contributed by atoms with van der Waals surface area (Å²) in [7, 11) is 0. The van der Waals surface area contributed by atoms with Crippen molar-refractivity contribution in [2.45, 2.75) is 32.3 Å². The second-order valence-corrected chi connectivity index (χ2v) is 5.80. The number of carbonyl (C=O) groups is 1. The molecule has 116 valence electrons. The Balaban J connectivity index is 0.00000161. The molecule has 4 nitrogen and oxygen atoms in total. The topological polar surface area (TPSA) is 41.6 Å². The number of hydrogen-bond acceptors (Lipinski definition) is 3. The van der Waals surface area contributed by atoms with Crippen LogP contribution in [-0.2, 0) is 4.79 Å². The molecular formula is C16H23ClN2O2. The molecule has 2 atom stereocenters. The molecule has 1 fully saturated rings. The number of carbonyl (C=O) groups excluding carboxylic acids is 1. The van der Waals surface area contributed by atoms with Crippen molar-refractivity contribution in [3.63, 3.8) is 0 Å². The normalized spacial score (nSPS) is 24.0. The molecular weight excluding hydrogens is 288 g/mol. The first-order chi connectivity index (χ1) is 9.74. The molecule has 1 aromatic carbocycles. The second-order valence-electron chi connectivity index (χ2n) is 5.80. The third-order valence-electron chi connectivity index (χ3n) is 4.15. The molecule has 0 aliphatic carbocycles. The monoisotopic (exact) mass is 310 g/mol. The fourth-order valence-electron chi connectivity index (χ4n) is 3.05. The lowest BCUT2D eigenvalue weighted by Crippen LogP contribution is -2.42. The van der Waals surface area contributed by atoms with Gasteiger partial charge in [0.1, 0.15) is 11.9 Å². The van der Waals surface area contributed by atoms with E-state index in [4.69, 9.17) is 4.74 Å². The number of benzene rings is 1. The van der Waals surface area contributed by atoms with E-state index in [-0.39, 0.29) is 24.4 Å². The largest absolute Gasteiger partial charge is 0.487 e. The summed E-state index contributed by atoms with van der Waals surface area (Å²) in [5.41, 5.74) is 0.917. The Morgan fingerprint density at radius 3 is 3.00 bits per heavy atom. The molecule has 1 N–H and O–H groups in total. The Kier molecular flexibility index (Phi) is 5.48. The maximum atomic E-state index is 12.5. The van der Waals surface area contributed by atoms with E-state index < -0.39 is 0 Å². The van der Waals surface area contributed by atoms with Gasteiger partial charge in [-0.25, -0.2) is 0 Å². The van der Waals surface area contributed by atoms with E-state index in [0.717, 1.165) is 30.9 Å². The van der Waals surface area contributed by atoms with Gasteiger partial charge in [-0.2, -0.15) is 0 Å². The lowest BCUT2D eigenvalue weighted by Gasteiger charge is -2.33. The van der Waals surface area contributed by atoms with Crippen molar-refractivity contribution in [3.8, 4) is 5.75 Å². The second kappa shape index (κ2) is 7.14. The van der Waals surface area contributed by atoms with E-state index in [9.17, 15) is 4.79 Å². The standard InChI is InChI=1S/C16H22N2O2.ClH/c1-12-11-18(14-4-2-3-5-15(14)20-12)16(19)7-6-13-8-9-17-10-13;/h2-5,12-13,17H,6-11H2,1H3;1H. The van der Waals surface area contributed by atoms with Gasteiger partial charge in [-0.3, -0.25) is 4.79 Å². The average molecular weight is 311 g/mol. The van der Waals surface area contributed by atoms with Crippen LogP contribution in [0.15, 0.2) is 24.3 Å². The van der Waals surface area contributed by atoms with Crippen molar-refractivity contribution >= 4 is 24.0 Å². The molecule has 1 aromatic rings. The third-order valence-corrected chi connectivity index (χ3v) is 4.15. The summed E-state index contributed by atoms with van der Waals surface area (Å²) in [6.07, 6.45) is 2.87. The smallest absolute Gasteiger partial charge is 0.227 e. The number of para-hydroxylation sites is 2. The van der Waals surface area contributed by atoms with Crippen LogP contribution in [-0.4, -0.2) is 31.6 Å². The van der Waals surface area contributed by atoms with Gasteiger partial charge in [0.05, 0.1) is 12.2 Å². The highest BCUT2D eigenvalue weighted by Gasteiger charge is 2.27.